The van der Waals surface area contributed by atoms with Gasteiger partial charge in [-0.25, -0.2) is 0 Å². The highest BCUT2D eigenvalue weighted by molar-refractivity contribution is 6.06. The first kappa shape index (κ1) is 9.26. The van der Waals surface area contributed by atoms with Crippen LogP contribution in [-0.2, 0) is 0 Å². The molecule has 1 aromatic carbocycles. The number of nitrogens with one attached hydrogen (secondary N) is 1. The van der Waals surface area contributed by atoms with Crippen molar-refractivity contribution in [3.8, 4) is 0 Å². The van der Waals surface area contributed by atoms with Gasteiger partial charge in [-0.05, 0) is 12.1 Å². The van der Waals surface area contributed by atoms with Crippen LogP contribution in [0.25, 0.3) is 10.8 Å². The molecule has 0 bridgehead atoms. The van der Waals surface area contributed by atoms with Gasteiger partial charge in [0.05, 0.1) is 5.56 Å². The smallest absolute Gasteiger partial charge is 0.255 e. The Bertz CT molecular complexity index is 601. The first-order chi connectivity index (χ1) is 7.09. The first-order valence-corrected chi connectivity index (χ1v) is 4.30. The van der Waals surface area contributed by atoms with E-state index >= 15 is 0 Å². The van der Waals surface area contributed by atoms with Gasteiger partial charge in [0.15, 0.2) is 0 Å². The van der Waals surface area contributed by atoms with Gasteiger partial charge in [-0.3, -0.25) is 9.59 Å². The van der Waals surface area contributed by atoms with Gasteiger partial charge in [-0.1, -0.05) is 6.07 Å². The Kier molecular flexibility index (Phi) is 1.93. The average Bonchev–Trinajstić information content (AvgIpc) is 2.19. The van der Waals surface area contributed by atoms with Crippen LogP contribution in [0.1, 0.15) is 10.4 Å². The monoisotopic (exact) mass is 203 g/mol. The van der Waals surface area contributed by atoms with E-state index in [4.69, 9.17) is 11.5 Å². The predicted molar refractivity (Wildman–Crippen MR) is 57.5 cm³/mol. The maximum absolute atomic E-state index is 11.4. The lowest BCUT2D eigenvalue weighted by molar-refractivity contribution is 0.100. The zero-order valence-corrected chi connectivity index (χ0v) is 7.78. The van der Waals surface area contributed by atoms with Gasteiger partial charge in [-0.15, -0.1) is 0 Å². The Labute approximate surface area is 84.7 Å². The van der Waals surface area contributed by atoms with E-state index in [1.165, 1.54) is 12.3 Å². The summed E-state index contributed by atoms with van der Waals surface area (Å²) in [5.41, 5.74) is 11.2. The second kappa shape index (κ2) is 3.13. The molecule has 0 spiro atoms. The van der Waals surface area contributed by atoms with Crippen LogP contribution in [0.15, 0.2) is 29.2 Å². The minimum absolute atomic E-state index is 0.282. The number of aromatic nitrogens is 1. The Morgan fingerprint density at radius 2 is 2.00 bits per heavy atom. The number of H-pyrrole nitrogens is 1. The number of nitrogen functional groups attached to an aromatic ring is 1. The third-order valence-corrected chi connectivity index (χ3v) is 2.19. The number of amides is 1. The quantitative estimate of drug-likeness (QED) is 0.577. The zero-order valence-electron chi connectivity index (χ0n) is 7.78. The number of hydrogen-bond donors (Lipinski definition) is 3. The van der Waals surface area contributed by atoms with Crippen molar-refractivity contribution in [3.63, 3.8) is 0 Å². The number of carbonyl (C=O) groups is 1. The Morgan fingerprint density at radius 3 is 2.67 bits per heavy atom. The fourth-order valence-corrected chi connectivity index (χ4v) is 1.48. The van der Waals surface area contributed by atoms with Crippen LogP contribution in [0.3, 0.4) is 0 Å². The van der Waals surface area contributed by atoms with E-state index in [0.717, 1.165) is 0 Å². The Morgan fingerprint density at radius 1 is 1.27 bits per heavy atom. The SMILES string of the molecule is NC(=O)c1c[nH]c(=O)c2cc(N)ccc12. The Balaban J connectivity index is 2.95. The molecule has 0 unspecified atom stereocenters. The van der Waals surface area contributed by atoms with E-state index in [0.29, 0.717) is 16.5 Å². The van der Waals surface area contributed by atoms with E-state index in [2.05, 4.69) is 4.98 Å². The summed E-state index contributed by atoms with van der Waals surface area (Å²) in [6.45, 7) is 0. The van der Waals surface area contributed by atoms with Gasteiger partial charge in [0.2, 0.25) is 0 Å². The molecule has 0 radical (unpaired) electrons. The molecule has 0 saturated heterocycles. The summed E-state index contributed by atoms with van der Waals surface area (Å²) in [5.74, 6) is -0.582. The van der Waals surface area contributed by atoms with Crippen molar-refractivity contribution in [2.45, 2.75) is 0 Å². The highest BCUT2D eigenvalue weighted by atomic mass is 16.1. The van der Waals surface area contributed by atoms with Crippen molar-refractivity contribution in [1.82, 2.24) is 4.98 Å². The number of rotatable bonds is 1. The van der Waals surface area contributed by atoms with Crippen molar-refractivity contribution < 1.29 is 4.79 Å². The third-order valence-electron chi connectivity index (χ3n) is 2.19. The van der Waals surface area contributed by atoms with Crippen molar-refractivity contribution in [3.05, 3.63) is 40.3 Å². The first-order valence-electron chi connectivity index (χ1n) is 4.30. The van der Waals surface area contributed by atoms with Crippen LogP contribution in [0.2, 0.25) is 0 Å². The summed E-state index contributed by atoms with van der Waals surface area (Å²) >= 11 is 0. The number of hydrogen-bond acceptors (Lipinski definition) is 3. The maximum atomic E-state index is 11.4. The van der Waals surface area contributed by atoms with Crippen LogP contribution in [0, 0.1) is 0 Å². The number of nitrogens with two attached hydrogens (primary N) is 2. The molecule has 0 saturated carbocycles. The molecule has 76 valence electrons. The van der Waals surface area contributed by atoms with Crippen LogP contribution < -0.4 is 17.0 Å². The number of fused-ring (bicyclic) bond motifs is 1. The number of benzene rings is 1. The predicted octanol–water partition coefficient (Wildman–Crippen LogP) is 0.209. The molecule has 0 aliphatic carbocycles. The molecular formula is C10H9N3O2. The van der Waals surface area contributed by atoms with Crippen molar-refractivity contribution in [1.29, 1.82) is 0 Å². The van der Waals surface area contributed by atoms with Crippen molar-refractivity contribution in [2.24, 2.45) is 5.73 Å². The van der Waals surface area contributed by atoms with E-state index in [1.54, 1.807) is 12.1 Å². The van der Waals surface area contributed by atoms with Gasteiger partial charge in [0, 0.05) is 22.7 Å². The summed E-state index contributed by atoms with van der Waals surface area (Å²) in [6, 6.07) is 4.74. The maximum Gasteiger partial charge on any atom is 0.255 e. The highest BCUT2D eigenvalue weighted by Crippen LogP contribution is 2.16. The molecule has 5 nitrogen and oxygen atoms in total. The summed E-state index contributed by atoms with van der Waals surface area (Å²) in [6.07, 6.45) is 1.31. The van der Waals surface area contributed by atoms with Gasteiger partial charge >= 0.3 is 0 Å². The zero-order chi connectivity index (χ0) is 11.0. The number of primary amides is 1. The lowest BCUT2D eigenvalue weighted by Gasteiger charge is -2.02. The number of carbonyl (C=O) groups excluding carboxylic acids is 1. The third kappa shape index (κ3) is 1.43. The molecule has 0 aliphatic rings. The molecule has 0 fully saturated rings. The molecule has 1 aromatic heterocycles. The molecule has 5 heteroatoms. The van der Waals surface area contributed by atoms with Gasteiger partial charge < -0.3 is 16.5 Å². The minimum Gasteiger partial charge on any atom is -0.399 e. The van der Waals surface area contributed by atoms with Gasteiger partial charge in [-0.2, -0.15) is 0 Å². The normalized spacial score (nSPS) is 10.4. The van der Waals surface area contributed by atoms with Crippen molar-refractivity contribution >= 4 is 22.4 Å². The second-order valence-electron chi connectivity index (χ2n) is 3.20. The van der Waals surface area contributed by atoms with E-state index in [-0.39, 0.29) is 11.1 Å². The summed E-state index contributed by atoms with van der Waals surface area (Å²) in [5, 5.41) is 0.881. The van der Waals surface area contributed by atoms with E-state index < -0.39 is 5.91 Å². The molecule has 1 amide bonds. The second-order valence-corrected chi connectivity index (χ2v) is 3.20. The standard InChI is InChI=1S/C10H9N3O2/c11-5-1-2-6-7(3-5)10(15)13-4-8(6)9(12)14/h1-4H,11H2,(H2,12,14)(H,13,15). The number of aromatic amines is 1. The largest absolute Gasteiger partial charge is 0.399 e. The van der Waals surface area contributed by atoms with Gasteiger partial charge in [0.1, 0.15) is 0 Å². The average molecular weight is 203 g/mol. The molecule has 1 heterocycles. The topological polar surface area (TPSA) is 102 Å². The van der Waals surface area contributed by atoms with Crippen LogP contribution >= 0.6 is 0 Å². The van der Waals surface area contributed by atoms with Gasteiger partial charge in [0.25, 0.3) is 11.5 Å². The molecule has 2 rings (SSSR count). The molecule has 5 N–H and O–H groups in total. The molecule has 0 atom stereocenters. The fraction of sp³-hybridized carbons (Fsp3) is 0. The van der Waals surface area contributed by atoms with E-state index in [9.17, 15) is 9.59 Å². The summed E-state index contributed by atoms with van der Waals surface area (Å²) in [4.78, 5) is 25.0. The van der Waals surface area contributed by atoms with E-state index in [1.807, 2.05) is 0 Å². The van der Waals surface area contributed by atoms with Crippen LogP contribution in [0.5, 0.6) is 0 Å². The summed E-state index contributed by atoms with van der Waals surface area (Å²) < 4.78 is 0. The molecule has 2 aromatic rings. The van der Waals surface area contributed by atoms with Crippen LogP contribution in [0.4, 0.5) is 5.69 Å². The van der Waals surface area contributed by atoms with Crippen LogP contribution in [-0.4, -0.2) is 10.9 Å². The minimum atomic E-state index is -0.582. The molecular weight excluding hydrogens is 194 g/mol. The highest BCUT2D eigenvalue weighted by Gasteiger charge is 2.08. The lowest BCUT2D eigenvalue weighted by atomic mass is 10.1. The number of pyridine rings is 1. The van der Waals surface area contributed by atoms with Crippen molar-refractivity contribution in [2.75, 3.05) is 5.73 Å². The lowest BCUT2D eigenvalue weighted by Crippen LogP contribution is -2.16. The Hall–Kier alpha value is -2.30. The molecule has 15 heavy (non-hydrogen) atoms. The number of anilines is 1. The fourth-order valence-electron chi connectivity index (χ4n) is 1.48. The molecule has 0 aliphatic heterocycles. The summed E-state index contributed by atoms with van der Waals surface area (Å²) in [7, 11) is 0.